The lowest BCUT2D eigenvalue weighted by Gasteiger charge is -2.24. The summed E-state index contributed by atoms with van der Waals surface area (Å²) in [5, 5.41) is 3.96. The van der Waals surface area contributed by atoms with Gasteiger partial charge in [0.05, 0.1) is 13.3 Å². The molecule has 6 nitrogen and oxygen atoms in total. The van der Waals surface area contributed by atoms with E-state index in [4.69, 9.17) is 14.2 Å². The van der Waals surface area contributed by atoms with Crippen molar-refractivity contribution in [1.82, 2.24) is 5.43 Å². The fourth-order valence-electron chi connectivity index (χ4n) is 2.19. The smallest absolute Gasteiger partial charge is 0.284 e. The van der Waals surface area contributed by atoms with Crippen molar-refractivity contribution in [2.45, 2.75) is 6.10 Å². The highest BCUT2D eigenvalue weighted by atomic mass is 79.9. The Hall–Kier alpha value is -2.54. The van der Waals surface area contributed by atoms with E-state index in [1.54, 1.807) is 19.2 Å². The van der Waals surface area contributed by atoms with Gasteiger partial charge in [-0.3, -0.25) is 4.79 Å². The second kappa shape index (κ2) is 7.35. The maximum Gasteiger partial charge on any atom is 0.284 e. The Morgan fingerprint density at radius 1 is 1.33 bits per heavy atom. The van der Waals surface area contributed by atoms with Crippen LogP contribution in [0.2, 0.25) is 0 Å². The van der Waals surface area contributed by atoms with Crippen LogP contribution in [-0.4, -0.2) is 31.9 Å². The van der Waals surface area contributed by atoms with Gasteiger partial charge in [-0.25, -0.2) is 5.43 Å². The second-order valence-corrected chi connectivity index (χ2v) is 5.90. The first-order valence-corrected chi connectivity index (χ1v) is 8.01. The lowest BCUT2D eigenvalue weighted by Crippen LogP contribution is -2.42. The summed E-state index contributed by atoms with van der Waals surface area (Å²) in [4.78, 5) is 12.1. The van der Waals surface area contributed by atoms with Crippen molar-refractivity contribution < 1.29 is 19.0 Å². The molecule has 124 valence electrons. The van der Waals surface area contributed by atoms with Crippen molar-refractivity contribution in [2.24, 2.45) is 5.10 Å². The lowest BCUT2D eigenvalue weighted by molar-refractivity contribution is -0.130. The second-order valence-electron chi connectivity index (χ2n) is 4.98. The molecule has 0 saturated carbocycles. The predicted octanol–water partition coefficient (Wildman–Crippen LogP) is 2.75. The van der Waals surface area contributed by atoms with Crippen LogP contribution in [0.5, 0.6) is 17.2 Å². The van der Waals surface area contributed by atoms with Gasteiger partial charge in [-0.05, 0) is 30.3 Å². The third-order valence-corrected chi connectivity index (χ3v) is 3.86. The van der Waals surface area contributed by atoms with Crippen LogP contribution < -0.4 is 19.6 Å². The van der Waals surface area contributed by atoms with Gasteiger partial charge in [0.15, 0.2) is 11.5 Å². The number of hydrazone groups is 1. The number of fused-ring (bicyclic) bond motifs is 1. The molecule has 1 N–H and O–H groups in total. The first-order chi connectivity index (χ1) is 11.7. The minimum absolute atomic E-state index is 0.137. The number of benzene rings is 2. The molecule has 1 atom stereocenters. The highest BCUT2D eigenvalue weighted by Gasteiger charge is 2.26. The first kappa shape index (κ1) is 16.3. The molecular weight excluding hydrogens is 376 g/mol. The van der Waals surface area contributed by atoms with E-state index in [9.17, 15) is 4.79 Å². The number of rotatable bonds is 4. The molecule has 24 heavy (non-hydrogen) atoms. The molecule has 0 aliphatic carbocycles. The topological polar surface area (TPSA) is 69.2 Å². The lowest BCUT2D eigenvalue weighted by atomic mass is 10.2. The van der Waals surface area contributed by atoms with Crippen LogP contribution in [0.1, 0.15) is 5.56 Å². The molecule has 3 rings (SSSR count). The van der Waals surface area contributed by atoms with E-state index in [1.807, 2.05) is 30.3 Å². The SMILES string of the molecule is COc1ccc(Br)cc1C=NNC(=O)[C@H]1COc2ccccc2O1. The molecule has 1 heterocycles. The van der Waals surface area contributed by atoms with E-state index in [0.717, 1.165) is 10.0 Å². The molecule has 2 aromatic rings. The largest absolute Gasteiger partial charge is 0.496 e. The van der Waals surface area contributed by atoms with Crippen LogP contribution in [0, 0.1) is 0 Å². The molecule has 0 spiro atoms. The van der Waals surface area contributed by atoms with Gasteiger partial charge in [-0.2, -0.15) is 5.10 Å². The maximum absolute atomic E-state index is 12.1. The van der Waals surface area contributed by atoms with Gasteiger partial charge in [-0.1, -0.05) is 28.1 Å². The van der Waals surface area contributed by atoms with Crippen LogP contribution in [-0.2, 0) is 4.79 Å². The average molecular weight is 391 g/mol. The zero-order valence-corrected chi connectivity index (χ0v) is 14.4. The number of halogens is 1. The quantitative estimate of drug-likeness (QED) is 0.643. The summed E-state index contributed by atoms with van der Waals surface area (Å²) in [5.41, 5.74) is 3.19. The van der Waals surface area contributed by atoms with E-state index < -0.39 is 6.10 Å². The van der Waals surface area contributed by atoms with Crippen molar-refractivity contribution >= 4 is 28.1 Å². The fourth-order valence-corrected chi connectivity index (χ4v) is 2.57. The molecule has 1 aliphatic heterocycles. The molecule has 0 unspecified atom stereocenters. The Kier molecular flexibility index (Phi) is 5.00. The van der Waals surface area contributed by atoms with E-state index in [1.165, 1.54) is 6.21 Å². The molecule has 0 bridgehead atoms. The number of carbonyl (C=O) groups excluding carboxylic acids is 1. The van der Waals surface area contributed by atoms with E-state index in [2.05, 4.69) is 26.5 Å². The number of nitrogens with zero attached hydrogens (tertiary/aromatic N) is 1. The third-order valence-electron chi connectivity index (χ3n) is 3.37. The summed E-state index contributed by atoms with van der Waals surface area (Å²) in [7, 11) is 1.57. The number of hydrogen-bond acceptors (Lipinski definition) is 5. The van der Waals surface area contributed by atoms with E-state index in [-0.39, 0.29) is 12.5 Å². The van der Waals surface area contributed by atoms with Gasteiger partial charge in [0.2, 0.25) is 6.10 Å². The summed E-state index contributed by atoms with van der Waals surface area (Å²) in [6, 6.07) is 12.7. The van der Waals surface area contributed by atoms with Crippen LogP contribution in [0.4, 0.5) is 0 Å². The number of methoxy groups -OCH3 is 1. The van der Waals surface area contributed by atoms with Crippen LogP contribution in [0.25, 0.3) is 0 Å². The van der Waals surface area contributed by atoms with Gasteiger partial charge in [0.25, 0.3) is 5.91 Å². The maximum atomic E-state index is 12.1. The van der Waals surface area contributed by atoms with E-state index in [0.29, 0.717) is 17.2 Å². The minimum Gasteiger partial charge on any atom is -0.496 e. The fraction of sp³-hybridized carbons (Fsp3) is 0.176. The molecular formula is C17H15BrN2O4. The van der Waals surface area contributed by atoms with Crippen molar-refractivity contribution in [2.75, 3.05) is 13.7 Å². The zero-order chi connectivity index (χ0) is 16.9. The number of carbonyl (C=O) groups is 1. The van der Waals surface area contributed by atoms with Crippen molar-refractivity contribution in [3.63, 3.8) is 0 Å². The van der Waals surface area contributed by atoms with Crippen molar-refractivity contribution in [1.29, 1.82) is 0 Å². The summed E-state index contributed by atoms with van der Waals surface area (Å²) < 4.78 is 17.3. The molecule has 0 fully saturated rings. The molecule has 0 aromatic heterocycles. The summed E-state index contributed by atoms with van der Waals surface area (Å²) >= 11 is 3.38. The monoisotopic (exact) mass is 390 g/mol. The predicted molar refractivity (Wildman–Crippen MR) is 92.8 cm³/mol. The minimum atomic E-state index is -0.749. The van der Waals surface area contributed by atoms with Gasteiger partial charge < -0.3 is 14.2 Å². The Morgan fingerprint density at radius 3 is 2.92 bits per heavy atom. The Balaban J connectivity index is 1.63. The number of amides is 1. The molecule has 2 aromatic carbocycles. The van der Waals surface area contributed by atoms with Gasteiger partial charge in [0, 0.05) is 10.0 Å². The number of ether oxygens (including phenoxy) is 3. The molecule has 0 radical (unpaired) electrons. The third kappa shape index (κ3) is 3.68. The molecule has 0 saturated heterocycles. The zero-order valence-electron chi connectivity index (χ0n) is 12.9. The first-order valence-electron chi connectivity index (χ1n) is 7.22. The van der Waals surface area contributed by atoms with Crippen LogP contribution in [0.3, 0.4) is 0 Å². The average Bonchev–Trinajstić information content (AvgIpc) is 2.61. The Morgan fingerprint density at radius 2 is 2.12 bits per heavy atom. The standard InChI is InChI=1S/C17H15BrN2O4/c1-22-13-7-6-12(18)8-11(13)9-19-20-17(21)16-10-23-14-4-2-3-5-15(14)24-16/h2-9,16H,10H2,1H3,(H,20,21)/t16-/m1/s1. The highest BCUT2D eigenvalue weighted by Crippen LogP contribution is 2.30. The van der Waals surface area contributed by atoms with Crippen molar-refractivity contribution in [3.05, 3.63) is 52.5 Å². The van der Waals surface area contributed by atoms with Gasteiger partial charge in [0.1, 0.15) is 12.4 Å². The number of nitrogens with one attached hydrogen (secondary N) is 1. The Bertz CT molecular complexity index is 779. The number of para-hydroxylation sites is 2. The van der Waals surface area contributed by atoms with Gasteiger partial charge >= 0.3 is 0 Å². The molecule has 1 aliphatic rings. The van der Waals surface area contributed by atoms with Gasteiger partial charge in [-0.15, -0.1) is 0 Å². The summed E-state index contributed by atoms with van der Waals surface area (Å²) in [5.74, 6) is 1.45. The highest BCUT2D eigenvalue weighted by molar-refractivity contribution is 9.10. The molecule has 1 amide bonds. The number of hydrogen-bond donors (Lipinski definition) is 1. The Labute approximate surface area is 147 Å². The van der Waals surface area contributed by atoms with Crippen molar-refractivity contribution in [3.8, 4) is 17.2 Å². The normalized spacial score (nSPS) is 16.0. The van der Waals surface area contributed by atoms with Crippen LogP contribution >= 0.6 is 15.9 Å². The summed E-state index contributed by atoms with van der Waals surface area (Å²) in [6.07, 6.45) is 0.764. The molecule has 7 heteroatoms. The van der Waals surface area contributed by atoms with Crippen LogP contribution in [0.15, 0.2) is 52.0 Å². The summed E-state index contributed by atoms with van der Waals surface area (Å²) in [6.45, 7) is 0.137. The van der Waals surface area contributed by atoms with E-state index >= 15 is 0 Å².